The molecule has 3 aromatic rings. The predicted octanol–water partition coefficient (Wildman–Crippen LogP) is 3.88. The standard InChI is InChI=1S/C19H16FNO5S/c1-2-26-17-9-10-18(14-6-4-3-5-13(14)17)27(24,25)21-12-7-8-16(20)15(11-12)19(22)23/h3-11,21H,2H2,1H3,(H,22,23). The first-order valence-corrected chi connectivity index (χ1v) is 9.52. The number of benzene rings is 3. The predicted molar refractivity (Wildman–Crippen MR) is 99.3 cm³/mol. The second-order valence-electron chi connectivity index (χ2n) is 5.65. The van der Waals surface area contributed by atoms with Gasteiger partial charge in [0.25, 0.3) is 10.0 Å². The fourth-order valence-corrected chi connectivity index (χ4v) is 3.98. The zero-order valence-electron chi connectivity index (χ0n) is 14.3. The molecule has 0 aliphatic carbocycles. The van der Waals surface area contributed by atoms with Gasteiger partial charge in [0.1, 0.15) is 11.6 Å². The molecule has 0 amide bonds. The van der Waals surface area contributed by atoms with Gasteiger partial charge in [-0.15, -0.1) is 0 Å². The van der Waals surface area contributed by atoms with Gasteiger partial charge in [0.2, 0.25) is 0 Å². The average Bonchev–Trinajstić information content (AvgIpc) is 2.63. The maximum Gasteiger partial charge on any atom is 0.338 e. The van der Waals surface area contributed by atoms with Crippen LogP contribution in [0.5, 0.6) is 5.75 Å². The van der Waals surface area contributed by atoms with Gasteiger partial charge in [-0.2, -0.15) is 0 Å². The van der Waals surface area contributed by atoms with Crippen molar-refractivity contribution in [2.75, 3.05) is 11.3 Å². The molecule has 0 saturated heterocycles. The maximum atomic E-state index is 13.5. The molecular weight excluding hydrogens is 373 g/mol. The van der Waals surface area contributed by atoms with E-state index in [4.69, 9.17) is 9.84 Å². The Kier molecular flexibility index (Phi) is 5.00. The molecule has 0 spiro atoms. The zero-order chi connectivity index (χ0) is 19.6. The molecule has 0 unspecified atom stereocenters. The lowest BCUT2D eigenvalue weighted by Crippen LogP contribution is -2.14. The van der Waals surface area contributed by atoms with Gasteiger partial charge in [0.15, 0.2) is 0 Å². The van der Waals surface area contributed by atoms with E-state index in [2.05, 4.69) is 4.72 Å². The number of halogens is 1. The highest BCUT2D eigenvalue weighted by Crippen LogP contribution is 2.32. The number of ether oxygens (including phenoxy) is 1. The van der Waals surface area contributed by atoms with Crippen LogP contribution in [0.2, 0.25) is 0 Å². The molecule has 2 N–H and O–H groups in total. The molecule has 140 valence electrons. The molecule has 8 heteroatoms. The number of carboxylic acids is 1. The Hall–Kier alpha value is -3.13. The van der Waals surface area contributed by atoms with E-state index in [1.807, 2.05) is 6.92 Å². The number of rotatable bonds is 6. The van der Waals surface area contributed by atoms with Gasteiger partial charge in [0.05, 0.1) is 17.1 Å². The largest absolute Gasteiger partial charge is 0.493 e. The Labute approximate surface area is 155 Å². The minimum Gasteiger partial charge on any atom is -0.493 e. The van der Waals surface area contributed by atoms with Gasteiger partial charge in [-0.05, 0) is 37.3 Å². The van der Waals surface area contributed by atoms with Crippen molar-refractivity contribution < 1.29 is 27.4 Å². The van der Waals surface area contributed by atoms with E-state index in [-0.39, 0.29) is 10.6 Å². The Morgan fingerprint density at radius 3 is 2.48 bits per heavy atom. The van der Waals surface area contributed by atoms with Crippen LogP contribution in [0.15, 0.2) is 59.5 Å². The molecule has 3 rings (SSSR count). The SMILES string of the molecule is CCOc1ccc(S(=O)(=O)Nc2ccc(F)c(C(=O)O)c2)c2ccccc12. The van der Waals surface area contributed by atoms with Crippen molar-refractivity contribution >= 4 is 32.5 Å². The summed E-state index contributed by atoms with van der Waals surface area (Å²) in [6.07, 6.45) is 0. The lowest BCUT2D eigenvalue weighted by Gasteiger charge is -2.14. The van der Waals surface area contributed by atoms with E-state index in [1.165, 1.54) is 6.07 Å². The van der Waals surface area contributed by atoms with E-state index < -0.39 is 27.4 Å². The monoisotopic (exact) mass is 389 g/mol. The van der Waals surface area contributed by atoms with Crippen molar-refractivity contribution in [3.63, 3.8) is 0 Å². The summed E-state index contributed by atoms with van der Waals surface area (Å²) < 4.78 is 47.1. The van der Waals surface area contributed by atoms with Gasteiger partial charge in [-0.1, -0.05) is 24.3 Å². The van der Waals surface area contributed by atoms with Crippen molar-refractivity contribution in [2.45, 2.75) is 11.8 Å². The van der Waals surface area contributed by atoms with Crippen LogP contribution in [0, 0.1) is 5.82 Å². The van der Waals surface area contributed by atoms with Crippen LogP contribution < -0.4 is 9.46 Å². The quantitative estimate of drug-likeness (QED) is 0.667. The maximum absolute atomic E-state index is 13.5. The molecule has 0 bridgehead atoms. The second kappa shape index (κ2) is 7.24. The number of sulfonamides is 1. The number of nitrogens with one attached hydrogen (secondary N) is 1. The number of hydrogen-bond donors (Lipinski definition) is 2. The number of carboxylic acid groups (broad SMARTS) is 1. The average molecular weight is 389 g/mol. The van der Waals surface area contributed by atoms with Crippen molar-refractivity contribution in [1.82, 2.24) is 0 Å². The minimum absolute atomic E-state index is 0.00255. The van der Waals surface area contributed by atoms with E-state index in [0.717, 1.165) is 18.2 Å². The lowest BCUT2D eigenvalue weighted by atomic mass is 10.1. The molecule has 6 nitrogen and oxygen atoms in total. The summed E-state index contributed by atoms with van der Waals surface area (Å²) in [6.45, 7) is 2.26. The van der Waals surface area contributed by atoms with Crippen molar-refractivity contribution in [1.29, 1.82) is 0 Å². The zero-order valence-corrected chi connectivity index (χ0v) is 15.1. The molecule has 0 aromatic heterocycles. The van der Waals surface area contributed by atoms with E-state index >= 15 is 0 Å². The van der Waals surface area contributed by atoms with Crippen molar-refractivity contribution in [2.24, 2.45) is 0 Å². The van der Waals surface area contributed by atoms with E-state index in [9.17, 15) is 17.6 Å². The summed E-state index contributed by atoms with van der Waals surface area (Å²) >= 11 is 0. The van der Waals surface area contributed by atoms with E-state index in [0.29, 0.717) is 23.1 Å². The molecule has 27 heavy (non-hydrogen) atoms. The van der Waals surface area contributed by atoms with Gasteiger partial charge >= 0.3 is 5.97 Å². The van der Waals surface area contributed by atoms with Crippen LogP contribution >= 0.6 is 0 Å². The Morgan fingerprint density at radius 1 is 1.11 bits per heavy atom. The summed E-state index contributed by atoms with van der Waals surface area (Å²) in [6, 6.07) is 12.9. The molecule has 0 aliphatic rings. The molecule has 0 saturated carbocycles. The highest BCUT2D eigenvalue weighted by Gasteiger charge is 2.20. The van der Waals surface area contributed by atoms with Crippen LogP contribution in [-0.2, 0) is 10.0 Å². The first-order valence-electron chi connectivity index (χ1n) is 8.03. The highest BCUT2D eigenvalue weighted by molar-refractivity contribution is 7.93. The van der Waals surface area contributed by atoms with Crippen molar-refractivity contribution in [3.8, 4) is 5.75 Å². The minimum atomic E-state index is -4.05. The third kappa shape index (κ3) is 3.70. The van der Waals surface area contributed by atoms with Crippen LogP contribution in [0.4, 0.5) is 10.1 Å². The molecule has 0 fully saturated rings. The van der Waals surface area contributed by atoms with Gasteiger partial charge < -0.3 is 9.84 Å². The summed E-state index contributed by atoms with van der Waals surface area (Å²) in [7, 11) is -4.05. The first kappa shape index (κ1) is 18.7. The smallest absolute Gasteiger partial charge is 0.338 e. The number of hydrogen-bond acceptors (Lipinski definition) is 4. The fraction of sp³-hybridized carbons (Fsp3) is 0.105. The summed E-state index contributed by atoms with van der Waals surface area (Å²) in [5.41, 5.74) is -0.668. The summed E-state index contributed by atoms with van der Waals surface area (Å²) in [5, 5.41) is 10.1. The highest BCUT2D eigenvalue weighted by atomic mass is 32.2. The lowest BCUT2D eigenvalue weighted by molar-refractivity contribution is 0.0692. The Bertz CT molecular complexity index is 1130. The van der Waals surface area contributed by atoms with Crippen LogP contribution in [0.3, 0.4) is 0 Å². The molecule has 3 aromatic carbocycles. The van der Waals surface area contributed by atoms with Crippen molar-refractivity contribution in [3.05, 3.63) is 66.0 Å². The Morgan fingerprint density at radius 2 is 1.81 bits per heavy atom. The number of aromatic carboxylic acids is 1. The van der Waals surface area contributed by atoms with Gasteiger partial charge in [0, 0.05) is 16.5 Å². The van der Waals surface area contributed by atoms with Crippen LogP contribution in [0.1, 0.15) is 17.3 Å². The Balaban J connectivity index is 2.07. The van der Waals surface area contributed by atoms with Crippen LogP contribution in [0.25, 0.3) is 10.8 Å². The second-order valence-corrected chi connectivity index (χ2v) is 7.30. The molecule has 0 aliphatic heterocycles. The van der Waals surface area contributed by atoms with E-state index in [1.54, 1.807) is 30.3 Å². The molecule has 0 atom stereocenters. The number of fused-ring (bicyclic) bond motifs is 1. The fourth-order valence-electron chi connectivity index (χ4n) is 2.72. The third-order valence-electron chi connectivity index (χ3n) is 3.88. The van der Waals surface area contributed by atoms with Crippen LogP contribution in [-0.4, -0.2) is 26.1 Å². The number of anilines is 1. The molecular formula is C19H16FNO5S. The van der Waals surface area contributed by atoms with Gasteiger partial charge in [-0.25, -0.2) is 17.6 Å². The topological polar surface area (TPSA) is 92.7 Å². The number of carbonyl (C=O) groups is 1. The normalized spacial score (nSPS) is 11.3. The van der Waals surface area contributed by atoms with Gasteiger partial charge in [-0.3, -0.25) is 4.72 Å². The first-order chi connectivity index (χ1) is 12.8. The summed E-state index contributed by atoms with van der Waals surface area (Å²) in [4.78, 5) is 11.1. The third-order valence-corrected chi connectivity index (χ3v) is 5.32. The molecule has 0 heterocycles. The summed E-state index contributed by atoms with van der Waals surface area (Å²) in [5.74, 6) is -1.88. The molecule has 0 radical (unpaired) electrons.